The molecule has 0 spiro atoms. The predicted molar refractivity (Wildman–Crippen MR) is 73.0 cm³/mol. The molecule has 1 amide bonds. The van der Waals surface area contributed by atoms with Gasteiger partial charge < -0.3 is 9.84 Å². The number of carbonyl (C=O) groups excluding carboxylic acids is 1. The van der Waals surface area contributed by atoms with Gasteiger partial charge in [-0.25, -0.2) is 9.28 Å². The van der Waals surface area contributed by atoms with Crippen LogP contribution in [0.25, 0.3) is 0 Å². The summed E-state index contributed by atoms with van der Waals surface area (Å²) < 4.78 is 5.16. The fourth-order valence-electron chi connectivity index (χ4n) is 2.67. The standard InChI is InChI=1S/C15H19NO4/c1-16(10-6-5-9-13(16)14(17)18)15(19)20-11-12-7-3-2-4-8-12/h2-4,7-8,13H,5-6,9-11H2,1H3/p+1. The van der Waals surface area contributed by atoms with Crippen LogP contribution in [0.1, 0.15) is 24.8 Å². The molecule has 5 nitrogen and oxygen atoms in total. The number of carbonyl (C=O) groups is 2. The smallest absolute Gasteiger partial charge is 0.477 e. The van der Waals surface area contributed by atoms with Crippen LogP contribution in [-0.4, -0.2) is 41.3 Å². The number of likely N-dealkylation sites (tertiary alicyclic amines) is 1. The van der Waals surface area contributed by atoms with E-state index >= 15 is 0 Å². The minimum absolute atomic E-state index is 0.165. The quantitative estimate of drug-likeness (QED) is 0.862. The van der Waals surface area contributed by atoms with Crippen molar-refractivity contribution in [1.29, 1.82) is 0 Å². The van der Waals surface area contributed by atoms with E-state index in [0.717, 1.165) is 18.4 Å². The predicted octanol–water partition coefficient (Wildman–Crippen LogP) is 2.41. The van der Waals surface area contributed by atoms with Gasteiger partial charge in [0.2, 0.25) is 0 Å². The zero-order valence-corrected chi connectivity index (χ0v) is 11.6. The lowest BCUT2D eigenvalue weighted by Gasteiger charge is -2.38. The first-order valence-corrected chi connectivity index (χ1v) is 6.83. The van der Waals surface area contributed by atoms with E-state index in [1.807, 2.05) is 30.3 Å². The van der Waals surface area contributed by atoms with E-state index in [1.165, 1.54) is 0 Å². The van der Waals surface area contributed by atoms with Crippen molar-refractivity contribution in [2.75, 3.05) is 13.6 Å². The molecule has 1 aromatic carbocycles. The first kappa shape index (κ1) is 14.5. The summed E-state index contributed by atoms with van der Waals surface area (Å²) in [6, 6.07) is 8.69. The van der Waals surface area contributed by atoms with Crippen molar-refractivity contribution >= 4 is 12.1 Å². The number of carboxylic acids is 1. The lowest BCUT2D eigenvalue weighted by atomic mass is 10.00. The van der Waals surface area contributed by atoms with Gasteiger partial charge in [-0.15, -0.1) is 0 Å². The molecule has 0 aliphatic carbocycles. The van der Waals surface area contributed by atoms with Crippen molar-refractivity contribution in [2.24, 2.45) is 0 Å². The van der Waals surface area contributed by atoms with Gasteiger partial charge >= 0.3 is 12.1 Å². The number of ether oxygens (including phenoxy) is 1. The molecule has 1 aromatic rings. The van der Waals surface area contributed by atoms with Gasteiger partial charge in [0.25, 0.3) is 0 Å². The van der Waals surface area contributed by atoms with Gasteiger partial charge in [0.05, 0.1) is 13.6 Å². The normalized spacial score (nSPS) is 25.9. The van der Waals surface area contributed by atoms with Crippen LogP contribution in [0.4, 0.5) is 4.79 Å². The maximum Gasteiger partial charge on any atom is 0.516 e. The number of aliphatic carboxylic acids is 1. The second-order valence-corrected chi connectivity index (χ2v) is 5.38. The van der Waals surface area contributed by atoms with Crippen molar-refractivity contribution in [3.63, 3.8) is 0 Å². The van der Waals surface area contributed by atoms with E-state index in [4.69, 9.17) is 4.74 Å². The molecular formula is C15H20NO4+. The van der Waals surface area contributed by atoms with Gasteiger partial charge in [0.1, 0.15) is 6.61 Å². The molecule has 1 aliphatic rings. The summed E-state index contributed by atoms with van der Waals surface area (Å²) in [5.41, 5.74) is 0.899. The fraction of sp³-hybridized carbons (Fsp3) is 0.467. The molecular weight excluding hydrogens is 258 g/mol. The minimum atomic E-state index is -0.927. The Morgan fingerprint density at radius 2 is 2.00 bits per heavy atom. The SMILES string of the molecule is C[N+]1(C(=O)OCc2ccccc2)CCCCC1C(=O)O. The first-order valence-electron chi connectivity index (χ1n) is 6.83. The highest BCUT2D eigenvalue weighted by atomic mass is 16.6. The Balaban J connectivity index is 2.04. The average Bonchev–Trinajstić information content (AvgIpc) is 2.46. The summed E-state index contributed by atoms with van der Waals surface area (Å²) in [6.45, 7) is 0.699. The lowest BCUT2D eigenvalue weighted by Crippen LogP contribution is -2.61. The van der Waals surface area contributed by atoms with E-state index < -0.39 is 18.1 Å². The summed E-state index contributed by atoms with van der Waals surface area (Å²) in [5.74, 6) is -0.927. The van der Waals surface area contributed by atoms with Crippen LogP contribution in [0.15, 0.2) is 30.3 Å². The molecule has 1 heterocycles. The number of hydrogen-bond acceptors (Lipinski definition) is 3. The summed E-state index contributed by atoms with van der Waals surface area (Å²) in [5, 5.41) is 9.28. The van der Waals surface area contributed by atoms with Crippen LogP contribution in [0, 0.1) is 0 Å². The number of amides is 1. The molecule has 1 saturated heterocycles. The second kappa shape index (κ2) is 6.05. The molecule has 5 heteroatoms. The number of quaternary nitrogens is 1. The Hall–Kier alpha value is -1.88. The largest absolute Gasteiger partial charge is 0.516 e. The number of rotatable bonds is 3. The fourth-order valence-corrected chi connectivity index (χ4v) is 2.67. The highest BCUT2D eigenvalue weighted by molar-refractivity contribution is 5.75. The zero-order chi connectivity index (χ0) is 14.6. The third-order valence-corrected chi connectivity index (χ3v) is 3.95. The third-order valence-electron chi connectivity index (χ3n) is 3.95. The maximum atomic E-state index is 12.3. The summed E-state index contributed by atoms with van der Waals surface area (Å²) in [7, 11) is 1.66. The molecule has 0 bridgehead atoms. The van der Waals surface area contributed by atoms with Gasteiger partial charge in [-0.05, 0) is 18.4 Å². The molecule has 2 unspecified atom stereocenters. The van der Waals surface area contributed by atoms with Crippen molar-refractivity contribution < 1.29 is 23.9 Å². The third kappa shape index (κ3) is 2.99. The Bertz CT molecular complexity index is 488. The average molecular weight is 278 g/mol. The number of piperidine rings is 1. The van der Waals surface area contributed by atoms with Crippen molar-refractivity contribution in [3.8, 4) is 0 Å². The number of nitrogens with zero attached hydrogens (tertiary/aromatic N) is 1. The first-order chi connectivity index (χ1) is 9.54. The Morgan fingerprint density at radius 3 is 2.65 bits per heavy atom. The maximum absolute atomic E-state index is 12.3. The van der Waals surface area contributed by atoms with Crippen LogP contribution < -0.4 is 0 Å². The summed E-state index contributed by atoms with van der Waals surface area (Å²) in [4.78, 5) is 23.6. The van der Waals surface area contributed by atoms with Gasteiger partial charge in [0, 0.05) is 6.42 Å². The van der Waals surface area contributed by atoms with Crippen LogP contribution >= 0.6 is 0 Å². The van der Waals surface area contributed by atoms with E-state index in [2.05, 4.69) is 0 Å². The van der Waals surface area contributed by atoms with Crippen molar-refractivity contribution in [1.82, 2.24) is 0 Å². The molecule has 108 valence electrons. The van der Waals surface area contributed by atoms with E-state index in [0.29, 0.717) is 13.0 Å². The molecule has 2 atom stereocenters. The Morgan fingerprint density at radius 1 is 1.30 bits per heavy atom. The Labute approximate surface area is 118 Å². The molecule has 20 heavy (non-hydrogen) atoms. The molecule has 0 saturated carbocycles. The monoisotopic (exact) mass is 278 g/mol. The van der Waals surface area contributed by atoms with E-state index in [1.54, 1.807) is 7.05 Å². The molecule has 2 rings (SSSR count). The van der Waals surface area contributed by atoms with Crippen LogP contribution in [-0.2, 0) is 16.1 Å². The van der Waals surface area contributed by atoms with Crippen LogP contribution in [0.2, 0.25) is 0 Å². The molecule has 1 aliphatic heterocycles. The van der Waals surface area contributed by atoms with Gasteiger partial charge in [0.15, 0.2) is 6.04 Å². The number of benzene rings is 1. The highest BCUT2D eigenvalue weighted by Gasteiger charge is 2.48. The van der Waals surface area contributed by atoms with E-state index in [9.17, 15) is 14.7 Å². The molecule has 0 aromatic heterocycles. The van der Waals surface area contributed by atoms with Crippen LogP contribution in [0.5, 0.6) is 0 Å². The zero-order valence-electron chi connectivity index (χ0n) is 11.6. The molecule has 0 radical (unpaired) electrons. The second-order valence-electron chi connectivity index (χ2n) is 5.38. The highest BCUT2D eigenvalue weighted by Crippen LogP contribution is 2.25. The number of carboxylic acid groups (broad SMARTS) is 1. The van der Waals surface area contributed by atoms with Gasteiger partial charge in [-0.3, -0.25) is 0 Å². The van der Waals surface area contributed by atoms with Crippen molar-refractivity contribution in [2.45, 2.75) is 31.9 Å². The summed E-state index contributed by atoms with van der Waals surface area (Å²) >= 11 is 0. The van der Waals surface area contributed by atoms with Crippen molar-refractivity contribution in [3.05, 3.63) is 35.9 Å². The minimum Gasteiger partial charge on any atom is -0.477 e. The van der Waals surface area contributed by atoms with E-state index in [-0.39, 0.29) is 11.1 Å². The summed E-state index contributed by atoms with van der Waals surface area (Å²) in [6.07, 6.45) is 1.75. The Kier molecular flexibility index (Phi) is 4.39. The topological polar surface area (TPSA) is 63.6 Å². The number of hydrogen-bond donors (Lipinski definition) is 1. The van der Waals surface area contributed by atoms with Crippen LogP contribution in [0.3, 0.4) is 0 Å². The van der Waals surface area contributed by atoms with Gasteiger partial charge in [-0.2, -0.15) is 4.79 Å². The molecule has 1 fully saturated rings. The van der Waals surface area contributed by atoms with Gasteiger partial charge in [-0.1, -0.05) is 30.3 Å². The number of likely N-dealkylation sites (N-methyl/N-ethyl adjacent to an activating group) is 1. The lowest BCUT2D eigenvalue weighted by molar-refractivity contribution is -0.860. The molecule has 1 N–H and O–H groups in total.